The minimum Gasteiger partial charge on any atom is -0.480 e. The molecule has 0 radical (unpaired) electrons. The van der Waals surface area contributed by atoms with Crippen LogP contribution in [-0.2, 0) is 19.1 Å². The summed E-state index contributed by atoms with van der Waals surface area (Å²) in [5.74, 6) is -2.23. The molecule has 8 nitrogen and oxygen atoms in total. The maximum atomic E-state index is 11.5. The fourth-order valence-electron chi connectivity index (χ4n) is 1.38. The minimum absolute atomic E-state index is 0.0708. The van der Waals surface area contributed by atoms with Gasteiger partial charge < -0.3 is 20.7 Å². The van der Waals surface area contributed by atoms with Gasteiger partial charge >= 0.3 is 12.2 Å². The molecule has 1 aliphatic heterocycles. The second kappa shape index (κ2) is 6.63. The van der Waals surface area contributed by atoms with E-state index in [9.17, 15) is 14.4 Å². The van der Waals surface area contributed by atoms with Crippen LogP contribution in [0.2, 0.25) is 0 Å². The van der Waals surface area contributed by atoms with Crippen molar-refractivity contribution in [3.8, 4) is 0 Å². The molecule has 1 rings (SSSR count). The van der Waals surface area contributed by atoms with E-state index in [1.807, 2.05) is 0 Å². The smallest absolute Gasteiger partial charge is 0.326 e. The molecule has 0 aliphatic carbocycles. The summed E-state index contributed by atoms with van der Waals surface area (Å²) in [5, 5.41) is 11.2. The summed E-state index contributed by atoms with van der Waals surface area (Å²) in [6.07, 6.45) is 0.455. The molecule has 98 valence electrons. The number of nitrogens with zero attached hydrogens (tertiary/aromatic N) is 2. The van der Waals surface area contributed by atoms with Crippen LogP contribution in [0.1, 0.15) is 19.3 Å². The molecule has 2 N–H and O–H groups in total. The monoisotopic (exact) mass is 255 g/mol. The molecular weight excluding hydrogens is 242 g/mol. The summed E-state index contributed by atoms with van der Waals surface area (Å²) in [6.45, 7) is 0.487. The molecule has 1 aliphatic rings. The second-order valence-corrected chi connectivity index (χ2v) is 3.80. The van der Waals surface area contributed by atoms with Crippen LogP contribution in [0.15, 0.2) is 0 Å². The first-order chi connectivity index (χ1) is 8.54. The quantitative estimate of drug-likeness (QED) is 0.342. The largest absolute Gasteiger partial charge is 0.480 e. The van der Waals surface area contributed by atoms with E-state index in [1.165, 1.54) is 0 Å². The van der Waals surface area contributed by atoms with Gasteiger partial charge in [0.25, 0.3) is 0 Å². The van der Waals surface area contributed by atoms with Crippen LogP contribution >= 0.6 is 0 Å². The summed E-state index contributed by atoms with van der Waals surface area (Å²) in [4.78, 5) is 35.9. The van der Waals surface area contributed by atoms with E-state index >= 15 is 0 Å². The molecule has 1 heterocycles. The van der Waals surface area contributed by atoms with Crippen molar-refractivity contribution >= 4 is 23.9 Å². The second-order valence-electron chi connectivity index (χ2n) is 3.80. The summed E-state index contributed by atoms with van der Waals surface area (Å²) < 4.78 is 4.91. The third kappa shape index (κ3) is 4.08. The number of carboxylic acid groups (broad SMARTS) is 1. The molecule has 0 aromatic carbocycles. The Labute approximate surface area is 103 Å². The van der Waals surface area contributed by atoms with E-state index in [0.717, 1.165) is 0 Å². The highest BCUT2D eigenvalue weighted by Crippen LogP contribution is 2.11. The number of amides is 1. The molecule has 1 saturated heterocycles. The van der Waals surface area contributed by atoms with Gasteiger partial charge in [-0.05, 0) is 6.42 Å². The van der Waals surface area contributed by atoms with Crippen LogP contribution in [0.4, 0.5) is 0 Å². The molecular formula is C10H13N3O5. The van der Waals surface area contributed by atoms with Gasteiger partial charge in [-0.25, -0.2) is 4.79 Å². The molecule has 1 fully saturated rings. The molecule has 1 unspecified atom stereocenters. The van der Waals surface area contributed by atoms with Gasteiger partial charge in [0.2, 0.25) is 11.7 Å². The topological polar surface area (TPSA) is 129 Å². The number of ketones is 1. The fourth-order valence-corrected chi connectivity index (χ4v) is 1.38. The van der Waals surface area contributed by atoms with E-state index < -0.39 is 29.8 Å². The van der Waals surface area contributed by atoms with E-state index in [-0.39, 0.29) is 12.8 Å². The summed E-state index contributed by atoms with van der Waals surface area (Å²) in [7, 11) is 0. The highest BCUT2D eigenvalue weighted by molar-refractivity contribution is 6.25. The van der Waals surface area contributed by atoms with Crippen LogP contribution in [0, 0.1) is 0 Å². The average molecular weight is 255 g/mol. The summed E-state index contributed by atoms with van der Waals surface area (Å²) >= 11 is 0. The first kappa shape index (κ1) is 14.0. The molecule has 18 heavy (non-hydrogen) atoms. The number of carboxylic acids is 1. The maximum absolute atomic E-state index is 11.5. The molecule has 0 saturated carbocycles. The number of Topliss-reactive ketones (excluding diaryl/α,β-unsaturated/α-hetero) is 1. The third-order valence-corrected chi connectivity index (χ3v) is 2.49. The zero-order valence-electron chi connectivity index (χ0n) is 9.54. The lowest BCUT2D eigenvalue weighted by atomic mass is 10.1. The number of aliphatic carboxylic acids is 1. The maximum Gasteiger partial charge on any atom is 0.326 e. The zero-order chi connectivity index (χ0) is 13.5. The van der Waals surface area contributed by atoms with Crippen LogP contribution in [-0.4, -0.2) is 52.5 Å². The Hall–Kier alpha value is -2.05. The lowest BCUT2D eigenvalue weighted by Crippen LogP contribution is -2.49. The molecule has 1 amide bonds. The minimum atomic E-state index is -1.23. The molecule has 0 bridgehead atoms. The van der Waals surface area contributed by atoms with Crippen molar-refractivity contribution < 1.29 is 29.0 Å². The fraction of sp³-hybridized carbons (Fsp3) is 0.600. The van der Waals surface area contributed by atoms with Gasteiger partial charge in [0, 0.05) is 12.8 Å². The molecule has 0 aromatic heterocycles. The first-order valence-corrected chi connectivity index (χ1v) is 5.39. The predicted molar refractivity (Wildman–Crippen MR) is 57.8 cm³/mol. The normalized spacial score (nSPS) is 19.0. The van der Waals surface area contributed by atoms with Gasteiger partial charge in [0.05, 0.1) is 6.61 Å². The van der Waals surface area contributed by atoms with E-state index in [2.05, 4.69) is 10.1 Å². The van der Waals surface area contributed by atoms with Crippen molar-refractivity contribution in [3.05, 3.63) is 5.53 Å². The van der Waals surface area contributed by atoms with Crippen molar-refractivity contribution in [2.45, 2.75) is 31.4 Å². The molecule has 8 heteroatoms. The Bertz CT molecular complexity index is 398. The van der Waals surface area contributed by atoms with Crippen molar-refractivity contribution in [2.24, 2.45) is 0 Å². The number of ether oxygens (including phenoxy) is 1. The average Bonchev–Trinajstić information content (AvgIpc) is 2.21. The number of rotatable bonds is 7. The number of hydrogen-bond donors (Lipinski definition) is 2. The Morgan fingerprint density at radius 1 is 1.56 bits per heavy atom. The lowest BCUT2D eigenvalue weighted by molar-refractivity contribution is -0.150. The Kier molecular flexibility index (Phi) is 5.16. The summed E-state index contributed by atoms with van der Waals surface area (Å²) in [6, 6.07) is -1.15. The van der Waals surface area contributed by atoms with Gasteiger partial charge in [-0.2, -0.15) is 4.79 Å². The van der Waals surface area contributed by atoms with Gasteiger partial charge in [-0.15, -0.1) is 0 Å². The van der Waals surface area contributed by atoms with E-state index in [1.54, 1.807) is 0 Å². The van der Waals surface area contributed by atoms with Crippen molar-refractivity contribution in [2.75, 3.05) is 6.61 Å². The SMILES string of the molecule is [N-]=[N+]=CC(=O)CCC(NC(=O)[C@H]1CCO1)C(=O)O. The van der Waals surface area contributed by atoms with Crippen LogP contribution in [0.5, 0.6) is 0 Å². The van der Waals surface area contributed by atoms with Gasteiger partial charge in [-0.1, -0.05) is 0 Å². The Balaban J connectivity index is 2.44. The number of nitrogens with one attached hydrogen (secondary N) is 1. The molecule has 0 spiro atoms. The molecule has 2 atom stereocenters. The van der Waals surface area contributed by atoms with Crippen molar-refractivity contribution in [1.29, 1.82) is 0 Å². The van der Waals surface area contributed by atoms with Crippen LogP contribution in [0.3, 0.4) is 0 Å². The van der Waals surface area contributed by atoms with E-state index in [4.69, 9.17) is 15.4 Å². The number of carbonyl (C=O) groups excluding carboxylic acids is 2. The lowest BCUT2D eigenvalue weighted by Gasteiger charge is -2.26. The van der Waals surface area contributed by atoms with Crippen LogP contribution in [0.25, 0.3) is 5.53 Å². The number of carbonyl (C=O) groups is 3. The van der Waals surface area contributed by atoms with Gasteiger partial charge in [-0.3, -0.25) is 9.59 Å². The highest BCUT2D eigenvalue weighted by atomic mass is 16.5. The van der Waals surface area contributed by atoms with Gasteiger partial charge in [0.15, 0.2) is 0 Å². The van der Waals surface area contributed by atoms with Gasteiger partial charge in [0.1, 0.15) is 12.1 Å². The van der Waals surface area contributed by atoms with Crippen molar-refractivity contribution in [1.82, 2.24) is 5.32 Å². The first-order valence-electron chi connectivity index (χ1n) is 5.39. The Morgan fingerprint density at radius 2 is 2.22 bits per heavy atom. The van der Waals surface area contributed by atoms with Crippen LogP contribution < -0.4 is 5.32 Å². The Morgan fingerprint density at radius 3 is 2.67 bits per heavy atom. The molecule has 0 aromatic rings. The van der Waals surface area contributed by atoms with Crippen molar-refractivity contribution in [3.63, 3.8) is 0 Å². The predicted octanol–water partition coefficient (Wildman–Crippen LogP) is -1.01. The standard InChI is InChI=1S/C10H13N3O5/c11-12-5-6(14)1-2-7(10(16)17)13-9(15)8-3-4-18-8/h5,7-8H,1-4H2,(H,13,15)(H,16,17)/t7?,8-/m1/s1. The highest BCUT2D eigenvalue weighted by Gasteiger charge is 2.30. The zero-order valence-corrected chi connectivity index (χ0v) is 9.54. The summed E-state index contributed by atoms with van der Waals surface area (Å²) in [5.41, 5.74) is 8.11. The third-order valence-electron chi connectivity index (χ3n) is 2.49. The number of hydrogen-bond acceptors (Lipinski definition) is 4. The van der Waals surface area contributed by atoms with E-state index in [0.29, 0.717) is 19.2 Å².